The minimum atomic E-state index is 0.548. The van der Waals surface area contributed by atoms with Crippen LogP contribution in [0.4, 0.5) is 0 Å². The topological polar surface area (TPSA) is 29.9 Å². The molecule has 1 N–H and O–H groups in total. The Morgan fingerprint density at radius 3 is 3.78 bits per heavy atom. The highest BCUT2D eigenvalue weighted by Gasteiger charge is 2.05. The summed E-state index contributed by atoms with van der Waals surface area (Å²) in [6.07, 6.45) is 1.60. The molecule has 1 aromatic heterocycles. The van der Waals surface area contributed by atoms with Crippen LogP contribution >= 0.6 is 0 Å². The molecule has 0 saturated heterocycles. The standard InChI is InChI=1S/C6H9N3/c1-2-8-9-4-3-7-5-6(1)9/h1-2,7H,3-5H2/i1D. The second-order valence-corrected chi connectivity index (χ2v) is 2.14. The van der Waals surface area contributed by atoms with Gasteiger partial charge in [0.25, 0.3) is 0 Å². The van der Waals surface area contributed by atoms with Gasteiger partial charge in [-0.3, -0.25) is 4.68 Å². The summed E-state index contributed by atoms with van der Waals surface area (Å²) in [4.78, 5) is 0. The van der Waals surface area contributed by atoms with Gasteiger partial charge in [0.05, 0.1) is 13.6 Å². The summed E-state index contributed by atoms with van der Waals surface area (Å²) in [5.41, 5.74) is 1.01. The molecule has 2 rings (SSSR count). The highest BCUT2D eigenvalue weighted by Crippen LogP contribution is 2.00. The van der Waals surface area contributed by atoms with Crippen molar-refractivity contribution >= 4 is 0 Å². The van der Waals surface area contributed by atoms with Crippen LogP contribution in [0.1, 0.15) is 7.06 Å². The molecule has 0 unspecified atom stereocenters. The zero-order valence-corrected chi connectivity index (χ0v) is 5.09. The van der Waals surface area contributed by atoms with E-state index in [0.29, 0.717) is 6.04 Å². The predicted molar refractivity (Wildman–Crippen MR) is 33.9 cm³/mol. The maximum Gasteiger partial charge on any atom is 0.0659 e. The first kappa shape index (κ1) is 4.06. The summed E-state index contributed by atoms with van der Waals surface area (Å²) in [6, 6.07) is 0.548. The van der Waals surface area contributed by atoms with Crippen molar-refractivity contribution in [3.8, 4) is 0 Å². The van der Waals surface area contributed by atoms with E-state index in [1.807, 2.05) is 4.68 Å². The van der Waals surface area contributed by atoms with Gasteiger partial charge in [0.15, 0.2) is 0 Å². The van der Waals surface area contributed by atoms with Crippen molar-refractivity contribution in [1.29, 1.82) is 0 Å². The molecule has 1 aliphatic rings. The minimum absolute atomic E-state index is 0.548. The lowest BCUT2D eigenvalue weighted by atomic mass is 10.3. The van der Waals surface area contributed by atoms with Crippen LogP contribution in [-0.4, -0.2) is 16.3 Å². The fraction of sp³-hybridized carbons (Fsp3) is 0.500. The van der Waals surface area contributed by atoms with E-state index in [9.17, 15) is 0 Å². The first-order valence-corrected chi connectivity index (χ1v) is 3.10. The van der Waals surface area contributed by atoms with Gasteiger partial charge in [-0.25, -0.2) is 0 Å². The van der Waals surface area contributed by atoms with E-state index in [4.69, 9.17) is 1.37 Å². The molecular weight excluding hydrogens is 114 g/mol. The molecule has 48 valence electrons. The van der Waals surface area contributed by atoms with Gasteiger partial charge in [-0.2, -0.15) is 5.10 Å². The summed E-state index contributed by atoms with van der Waals surface area (Å²) in [5.74, 6) is 0. The molecule has 1 aliphatic heterocycles. The predicted octanol–water partition coefficient (Wildman–Crippen LogP) is -0.0137. The van der Waals surface area contributed by atoms with Gasteiger partial charge in [0.1, 0.15) is 0 Å². The van der Waals surface area contributed by atoms with Crippen LogP contribution in [0.15, 0.2) is 12.2 Å². The van der Waals surface area contributed by atoms with Crippen molar-refractivity contribution in [3.63, 3.8) is 0 Å². The van der Waals surface area contributed by atoms with E-state index in [1.54, 1.807) is 6.20 Å². The van der Waals surface area contributed by atoms with Crippen LogP contribution < -0.4 is 5.32 Å². The fourth-order valence-electron chi connectivity index (χ4n) is 1.04. The Morgan fingerprint density at radius 1 is 1.89 bits per heavy atom. The van der Waals surface area contributed by atoms with Gasteiger partial charge >= 0.3 is 0 Å². The number of nitrogens with zero attached hydrogens (tertiary/aromatic N) is 2. The average molecular weight is 124 g/mol. The van der Waals surface area contributed by atoms with Crippen LogP contribution in [0.3, 0.4) is 0 Å². The third-order valence-corrected chi connectivity index (χ3v) is 1.53. The molecule has 0 saturated carbocycles. The molecule has 0 aromatic carbocycles. The molecule has 0 radical (unpaired) electrons. The van der Waals surface area contributed by atoms with Gasteiger partial charge in [0, 0.05) is 19.3 Å². The Hall–Kier alpha value is -0.830. The average Bonchev–Trinajstić information content (AvgIpc) is 2.34. The molecule has 0 bridgehead atoms. The molecule has 0 spiro atoms. The lowest BCUT2D eigenvalue weighted by Gasteiger charge is -2.13. The summed E-state index contributed by atoms with van der Waals surface area (Å²) in [5, 5.41) is 7.23. The molecule has 1 aromatic rings. The Bertz CT molecular complexity index is 243. The third kappa shape index (κ3) is 0.733. The number of nitrogens with one attached hydrogen (secondary N) is 1. The molecule has 0 atom stereocenters. The lowest BCUT2D eigenvalue weighted by Crippen LogP contribution is -2.28. The van der Waals surface area contributed by atoms with Gasteiger partial charge < -0.3 is 5.32 Å². The second-order valence-electron chi connectivity index (χ2n) is 2.14. The quantitative estimate of drug-likeness (QED) is 0.527. The molecule has 3 heteroatoms. The zero-order valence-electron chi connectivity index (χ0n) is 6.09. The van der Waals surface area contributed by atoms with E-state index in [2.05, 4.69) is 10.4 Å². The van der Waals surface area contributed by atoms with Crippen LogP contribution in [-0.2, 0) is 13.1 Å². The Kier molecular flexibility index (Phi) is 0.832. The highest BCUT2D eigenvalue weighted by molar-refractivity contribution is 5.01. The summed E-state index contributed by atoms with van der Waals surface area (Å²) in [7, 11) is 0. The molecule has 0 fully saturated rings. The van der Waals surface area contributed by atoms with Crippen molar-refractivity contribution in [3.05, 3.63) is 17.9 Å². The van der Waals surface area contributed by atoms with Crippen molar-refractivity contribution in [2.45, 2.75) is 13.1 Å². The third-order valence-electron chi connectivity index (χ3n) is 1.53. The number of hydrogen-bond donors (Lipinski definition) is 1. The Labute approximate surface area is 55.1 Å². The van der Waals surface area contributed by atoms with E-state index in [0.717, 1.165) is 25.3 Å². The van der Waals surface area contributed by atoms with Crippen molar-refractivity contribution in [2.75, 3.05) is 6.54 Å². The van der Waals surface area contributed by atoms with E-state index < -0.39 is 0 Å². The SMILES string of the molecule is [2H]c1cnn2c1CNCC2. The molecule has 3 nitrogen and oxygen atoms in total. The molecular formula is C6H9N3. The highest BCUT2D eigenvalue weighted by atomic mass is 15.3. The van der Waals surface area contributed by atoms with E-state index in [1.165, 1.54) is 0 Å². The largest absolute Gasteiger partial charge is 0.309 e. The smallest absolute Gasteiger partial charge is 0.0659 e. The van der Waals surface area contributed by atoms with Gasteiger partial charge in [0.2, 0.25) is 0 Å². The number of hydrogen-bond acceptors (Lipinski definition) is 2. The zero-order chi connectivity index (χ0) is 6.97. The molecule has 9 heavy (non-hydrogen) atoms. The van der Waals surface area contributed by atoms with Crippen molar-refractivity contribution < 1.29 is 1.37 Å². The van der Waals surface area contributed by atoms with Crippen molar-refractivity contribution in [2.24, 2.45) is 0 Å². The normalized spacial score (nSPS) is 18.9. The maximum atomic E-state index is 7.41. The van der Waals surface area contributed by atoms with Gasteiger partial charge in [-0.05, 0) is 6.04 Å². The molecule has 0 amide bonds. The molecule has 0 aliphatic carbocycles. The van der Waals surface area contributed by atoms with Crippen LogP contribution in [0.5, 0.6) is 0 Å². The minimum Gasteiger partial charge on any atom is -0.309 e. The number of aromatic nitrogens is 2. The first-order valence-electron chi connectivity index (χ1n) is 3.60. The van der Waals surface area contributed by atoms with Gasteiger partial charge in [-0.15, -0.1) is 0 Å². The van der Waals surface area contributed by atoms with Crippen LogP contribution in [0.2, 0.25) is 0 Å². The Morgan fingerprint density at radius 2 is 2.89 bits per heavy atom. The number of fused-ring (bicyclic) bond motifs is 1. The summed E-state index contributed by atoms with van der Waals surface area (Å²) in [6.45, 7) is 2.65. The molecule has 2 heterocycles. The second kappa shape index (κ2) is 1.84. The maximum absolute atomic E-state index is 7.41. The number of rotatable bonds is 0. The van der Waals surface area contributed by atoms with Crippen molar-refractivity contribution in [1.82, 2.24) is 15.1 Å². The Balaban J connectivity index is 2.45. The van der Waals surface area contributed by atoms with E-state index >= 15 is 0 Å². The first-order chi connectivity index (χ1) is 4.88. The van der Waals surface area contributed by atoms with Gasteiger partial charge in [-0.1, -0.05) is 0 Å². The monoisotopic (exact) mass is 124 g/mol. The fourth-order valence-corrected chi connectivity index (χ4v) is 1.04. The summed E-state index contributed by atoms with van der Waals surface area (Å²) >= 11 is 0. The summed E-state index contributed by atoms with van der Waals surface area (Å²) < 4.78 is 9.29. The lowest BCUT2D eigenvalue weighted by molar-refractivity contribution is 0.475. The van der Waals surface area contributed by atoms with Crippen LogP contribution in [0.25, 0.3) is 0 Å². The van der Waals surface area contributed by atoms with E-state index in [-0.39, 0.29) is 0 Å². The van der Waals surface area contributed by atoms with Crippen LogP contribution in [0, 0.1) is 0 Å².